The summed E-state index contributed by atoms with van der Waals surface area (Å²) in [7, 11) is 1.58. The molecule has 0 saturated heterocycles. The summed E-state index contributed by atoms with van der Waals surface area (Å²) in [4.78, 5) is 14.5. The molecule has 1 aromatic heterocycles. The van der Waals surface area contributed by atoms with Crippen molar-refractivity contribution in [2.75, 3.05) is 7.11 Å². The number of nitro benzene ring substituents is 1. The van der Waals surface area contributed by atoms with E-state index in [4.69, 9.17) is 9.26 Å². The van der Waals surface area contributed by atoms with Gasteiger partial charge in [-0.25, -0.2) is 0 Å². The van der Waals surface area contributed by atoms with E-state index in [0.717, 1.165) is 5.56 Å². The minimum Gasteiger partial charge on any atom is -0.497 e. The average molecular weight is 297 g/mol. The van der Waals surface area contributed by atoms with Crippen molar-refractivity contribution in [2.24, 2.45) is 0 Å². The summed E-state index contributed by atoms with van der Waals surface area (Å²) in [6.45, 7) is 0. The Hall–Kier alpha value is -3.22. The first-order chi connectivity index (χ1) is 10.7. The number of nitrogens with zero attached hydrogens (tertiary/aromatic N) is 3. The van der Waals surface area contributed by atoms with Gasteiger partial charge in [-0.2, -0.15) is 4.98 Å². The molecule has 0 atom stereocenters. The molecule has 0 unspecified atom stereocenters. The third-order valence-corrected chi connectivity index (χ3v) is 3.08. The Morgan fingerprint density at radius 3 is 2.59 bits per heavy atom. The first kappa shape index (κ1) is 13.7. The van der Waals surface area contributed by atoms with Crippen LogP contribution >= 0.6 is 0 Å². The van der Waals surface area contributed by atoms with Crippen molar-refractivity contribution in [2.45, 2.75) is 0 Å². The van der Waals surface area contributed by atoms with E-state index < -0.39 is 4.92 Å². The molecule has 0 saturated carbocycles. The molecule has 0 spiro atoms. The van der Waals surface area contributed by atoms with E-state index in [1.165, 1.54) is 12.1 Å². The zero-order valence-electron chi connectivity index (χ0n) is 11.6. The number of hydrogen-bond acceptors (Lipinski definition) is 6. The number of rotatable bonds is 4. The highest BCUT2D eigenvalue weighted by molar-refractivity contribution is 5.61. The molecule has 0 N–H and O–H groups in total. The second-order valence-corrected chi connectivity index (χ2v) is 4.46. The molecule has 22 heavy (non-hydrogen) atoms. The molecule has 0 amide bonds. The smallest absolute Gasteiger partial charge is 0.269 e. The lowest BCUT2D eigenvalue weighted by Crippen LogP contribution is -1.88. The van der Waals surface area contributed by atoms with Crippen LogP contribution in [0.15, 0.2) is 53.1 Å². The number of hydrogen-bond donors (Lipinski definition) is 0. The van der Waals surface area contributed by atoms with Crippen LogP contribution in [-0.2, 0) is 0 Å². The lowest BCUT2D eigenvalue weighted by Gasteiger charge is -1.99. The van der Waals surface area contributed by atoms with Gasteiger partial charge in [0, 0.05) is 23.3 Å². The Bertz CT molecular complexity index is 812. The van der Waals surface area contributed by atoms with Crippen LogP contribution in [0.25, 0.3) is 22.8 Å². The van der Waals surface area contributed by atoms with E-state index in [0.29, 0.717) is 23.0 Å². The first-order valence-electron chi connectivity index (χ1n) is 6.40. The monoisotopic (exact) mass is 297 g/mol. The summed E-state index contributed by atoms with van der Waals surface area (Å²) < 4.78 is 10.4. The van der Waals surface area contributed by atoms with Gasteiger partial charge in [0.2, 0.25) is 5.82 Å². The highest BCUT2D eigenvalue weighted by Gasteiger charge is 2.12. The molecule has 0 fully saturated rings. The third kappa shape index (κ3) is 2.64. The van der Waals surface area contributed by atoms with Crippen LogP contribution in [0.1, 0.15) is 0 Å². The summed E-state index contributed by atoms with van der Waals surface area (Å²) in [6.07, 6.45) is 0. The van der Waals surface area contributed by atoms with Crippen LogP contribution in [-0.4, -0.2) is 22.2 Å². The average Bonchev–Trinajstić information content (AvgIpc) is 3.05. The van der Waals surface area contributed by atoms with Gasteiger partial charge in [-0.3, -0.25) is 10.1 Å². The number of ether oxygens (including phenoxy) is 1. The summed E-state index contributed by atoms with van der Waals surface area (Å²) in [5.74, 6) is 1.41. The van der Waals surface area contributed by atoms with Crippen molar-refractivity contribution in [3.05, 3.63) is 58.6 Å². The lowest BCUT2D eigenvalue weighted by molar-refractivity contribution is -0.384. The summed E-state index contributed by atoms with van der Waals surface area (Å²) in [5.41, 5.74) is 1.39. The third-order valence-electron chi connectivity index (χ3n) is 3.08. The van der Waals surface area contributed by atoms with Crippen LogP contribution in [0.5, 0.6) is 5.75 Å². The predicted molar refractivity (Wildman–Crippen MR) is 78.4 cm³/mol. The maximum absolute atomic E-state index is 10.6. The van der Waals surface area contributed by atoms with Crippen LogP contribution in [0.4, 0.5) is 5.69 Å². The number of nitro groups is 1. The maximum atomic E-state index is 10.6. The minimum absolute atomic E-state index is 0.0141. The Morgan fingerprint density at radius 2 is 1.91 bits per heavy atom. The molecule has 0 bridgehead atoms. The molecule has 0 aliphatic heterocycles. The van der Waals surface area contributed by atoms with Crippen molar-refractivity contribution >= 4 is 5.69 Å². The lowest BCUT2D eigenvalue weighted by atomic mass is 10.2. The van der Waals surface area contributed by atoms with E-state index in [1.807, 2.05) is 18.2 Å². The molecule has 3 rings (SSSR count). The normalized spacial score (nSPS) is 10.4. The fourth-order valence-electron chi connectivity index (χ4n) is 1.95. The molecule has 0 aliphatic carbocycles. The van der Waals surface area contributed by atoms with Crippen molar-refractivity contribution in [3.8, 4) is 28.6 Å². The van der Waals surface area contributed by atoms with Crippen LogP contribution in [0.2, 0.25) is 0 Å². The van der Waals surface area contributed by atoms with Gasteiger partial charge in [-0.05, 0) is 30.3 Å². The molecular weight excluding hydrogens is 286 g/mol. The number of methoxy groups -OCH3 is 1. The van der Waals surface area contributed by atoms with Gasteiger partial charge in [-0.15, -0.1) is 0 Å². The molecule has 7 nitrogen and oxygen atoms in total. The largest absolute Gasteiger partial charge is 0.497 e. The Kier molecular flexibility index (Phi) is 3.53. The molecule has 2 aromatic carbocycles. The van der Waals surface area contributed by atoms with E-state index in [9.17, 15) is 10.1 Å². The van der Waals surface area contributed by atoms with Crippen LogP contribution < -0.4 is 4.74 Å². The fraction of sp³-hybridized carbons (Fsp3) is 0.0667. The summed E-state index contributed by atoms with van der Waals surface area (Å²) in [6, 6.07) is 13.2. The van der Waals surface area contributed by atoms with Crippen molar-refractivity contribution in [3.63, 3.8) is 0 Å². The highest BCUT2D eigenvalue weighted by Crippen LogP contribution is 2.25. The van der Waals surface area contributed by atoms with Gasteiger partial charge < -0.3 is 9.26 Å². The van der Waals surface area contributed by atoms with E-state index >= 15 is 0 Å². The molecular formula is C15H11N3O4. The van der Waals surface area contributed by atoms with Crippen LogP contribution in [0.3, 0.4) is 0 Å². The van der Waals surface area contributed by atoms with Crippen molar-refractivity contribution in [1.82, 2.24) is 10.1 Å². The zero-order valence-corrected chi connectivity index (χ0v) is 11.6. The Balaban J connectivity index is 1.91. The van der Waals surface area contributed by atoms with Gasteiger partial charge in [0.05, 0.1) is 12.0 Å². The number of aromatic nitrogens is 2. The predicted octanol–water partition coefficient (Wildman–Crippen LogP) is 3.32. The quantitative estimate of drug-likeness (QED) is 0.542. The second-order valence-electron chi connectivity index (χ2n) is 4.46. The molecule has 110 valence electrons. The standard InChI is InChI=1S/C15H11N3O4/c1-21-13-4-2-3-11(9-13)15-16-14(17-22-15)10-5-7-12(8-6-10)18(19)20/h2-9H,1H3. The van der Waals surface area contributed by atoms with Gasteiger partial charge >= 0.3 is 0 Å². The molecule has 7 heteroatoms. The molecule has 3 aromatic rings. The van der Waals surface area contributed by atoms with Gasteiger partial charge in [0.15, 0.2) is 0 Å². The SMILES string of the molecule is COc1cccc(-c2nc(-c3ccc([N+](=O)[O-])cc3)no2)c1. The first-order valence-corrected chi connectivity index (χ1v) is 6.40. The number of benzene rings is 2. The summed E-state index contributed by atoms with van der Waals surface area (Å²) in [5, 5.41) is 14.5. The molecule has 0 radical (unpaired) electrons. The van der Waals surface area contributed by atoms with Gasteiger partial charge in [0.25, 0.3) is 11.6 Å². The Labute approximate surface area is 125 Å². The van der Waals surface area contributed by atoms with Gasteiger partial charge in [-0.1, -0.05) is 11.2 Å². The maximum Gasteiger partial charge on any atom is 0.269 e. The second kappa shape index (κ2) is 5.65. The van der Waals surface area contributed by atoms with Gasteiger partial charge in [0.1, 0.15) is 5.75 Å². The topological polar surface area (TPSA) is 91.3 Å². The van der Waals surface area contributed by atoms with E-state index in [1.54, 1.807) is 25.3 Å². The zero-order chi connectivity index (χ0) is 15.5. The van der Waals surface area contributed by atoms with Crippen molar-refractivity contribution in [1.29, 1.82) is 0 Å². The summed E-state index contributed by atoms with van der Waals surface area (Å²) >= 11 is 0. The fourth-order valence-corrected chi connectivity index (χ4v) is 1.95. The van der Waals surface area contributed by atoms with Crippen LogP contribution in [0, 0.1) is 10.1 Å². The Morgan fingerprint density at radius 1 is 1.14 bits per heavy atom. The van der Waals surface area contributed by atoms with Crippen molar-refractivity contribution < 1.29 is 14.2 Å². The van der Waals surface area contributed by atoms with E-state index in [2.05, 4.69) is 10.1 Å². The minimum atomic E-state index is -0.457. The number of non-ortho nitro benzene ring substituents is 1. The highest BCUT2D eigenvalue weighted by atomic mass is 16.6. The molecule has 1 heterocycles. The van der Waals surface area contributed by atoms with E-state index in [-0.39, 0.29) is 5.69 Å². The molecule has 0 aliphatic rings.